The molecule has 19 heavy (non-hydrogen) atoms. The van der Waals surface area contributed by atoms with E-state index in [0.29, 0.717) is 13.1 Å². The molecule has 0 radical (unpaired) electrons. The summed E-state index contributed by atoms with van der Waals surface area (Å²) in [5.74, 6) is 0. The summed E-state index contributed by atoms with van der Waals surface area (Å²) >= 11 is 0. The van der Waals surface area contributed by atoms with E-state index in [4.69, 9.17) is 10.5 Å². The Hall–Kier alpha value is -0.810. The van der Waals surface area contributed by atoms with E-state index < -0.39 is 5.60 Å². The van der Waals surface area contributed by atoms with Crippen LogP contribution >= 0.6 is 0 Å². The van der Waals surface area contributed by atoms with Crippen LogP contribution in [0.3, 0.4) is 0 Å². The van der Waals surface area contributed by atoms with Crippen molar-refractivity contribution in [1.29, 1.82) is 0 Å². The highest BCUT2D eigenvalue weighted by molar-refractivity contribution is 5.70. The van der Waals surface area contributed by atoms with Gasteiger partial charge in [0, 0.05) is 25.7 Å². The van der Waals surface area contributed by atoms with Gasteiger partial charge >= 0.3 is 6.09 Å². The summed E-state index contributed by atoms with van der Waals surface area (Å²) < 4.78 is 5.40. The van der Waals surface area contributed by atoms with Gasteiger partial charge in [-0.05, 0) is 40.2 Å². The van der Waals surface area contributed by atoms with Crippen molar-refractivity contribution in [3.63, 3.8) is 0 Å². The molecule has 0 bridgehead atoms. The van der Waals surface area contributed by atoms with Crippen molar-refractivity contribution >= 4 is 6.09 Å². The highest BCUT2D eigenvalue weighted by atomic mass is 16.6. The van der Waals surface area contributed by atoms with Gasteiger partial charge in [0.25, 0.3) is 0 Å². The van der Waals surface area contributed by atoms with Crippen LogP contribution in [0.1, 0.15) is 40.5 Å². The summed E-state index contributed by atoms with van der Waals surface area (Å²) in [7, 11) is 0. The predicted octanol–water partition coefficient (Wildman–Crippen LogP) is 1.42. The fourth-order valence-corrected chi connectivity index (χ4v) is 3.13. The smallest absolute Gasteiger partial charge is 0.410 e. The molecule has 0 saturated carbocycles. The van der Waals surface area contributed by atoms with Gasteiger partial charge in [-0.25, -0.2) is 4.79 Å². The van der Waals surface area contributed by atoms with Crippen molar-refractivity contribution in [2.45, 2.75) is 57.7 Å². The molecule has 5 heteroatoms. The number of ether oxygens (including phenoxy) is 1. The predicted molar refractivity (Wildman–Crippen MR) is 75.0 cm³/mol. The summed E-state index contributed by atoms with van der Waals surface area (Å²) in [5, 5.41) is 0. The number of carbonyl (C=O) groups is 1. The van der Waals surface area contributed by atoms with E-state index in [1.807, 2.05) is 20.8 Å². The van der Waals surface area contributed by atoms with Crippen molar-refractivity contribution < 1.29 is 9.53 Å². The van der Waals surface area contributed by atoms with E-state index in [2.05, 4.69) is 11.8 Å². The Balaban J connectivity index is 1.94. The summed E-state index contributed by atoms with van der Waals surface area (Å²) in [5.41, 5.74) is 5.84. The molecule has 1 amide bonds. The number of hydrogen-bond acceptors (Lipinski definition) is 4. The first-order chi connectivity index (χ1) is 8.78. The quantitative estimate of drug-likeness (QED) is 0.823. The van der Waals surface area contributed by atoms with E-state index in [0.717, 1.165) is 25.9 Å². The lowest BCUT2D eigenvalue weighted by Crippen LogP contribution is -2.74. The highest BCUT2D eigenvalue weighted by Gasteiger charge is 2.56. The molecule has 2 aliphatic rings. The van der Waals surface area contributed by atoms with Crippen molar-refractivity contribution in [2.75, 3.05) is 26.2 Å². The van der Waals surface area contributed by atoms with Gasteiger partial charge in [-0.3, -0.25) is 4.90 Å². The number of carbonyl (C=O) groups excluding carboxylic acids is 1. The molecule has 2 fully saturated rings. The summed E-state index contributed by atoms with van der Waals surface area (Å²) in [6.07, 6.45) is 1.94. The third-order valence-electron chi connectivity index (χ3n) is 4.10. The number of likely N-dealkylation sites (tertiary alicyclic amines) is 2. The first-order valence-electron chi connectivity index (χ1n) is 7.27. The maximum atomic E-state index is 12.0. The van der Waals surface area contributed by atoms with Gasteiger partial charge in [-0.1, -0.05) is 6.92 Å². The largest absolute Gasteiger partial charge is 0.444 e. The molecule has 0 aromatic carbocycles. The van der Waals surface area contributed by atoms with E-state index in [9.17, 15) is 4.79 Å². The molecule has 2 saturated heterocycles. The van der Waals surface area contributed by atoms with Crippen LogP contribution in [0.2, 0.25) is 0 Å². The zero-order chi connectivity index (χ0) is 14.3. The summed E-state index contributed by atoms with van der Waals surface area (Å²) in [6, 6.07) is 0.178. The van der Waals surface area contributed by atoms with Gasteiger partial charge in [-0.15, -0.1) is 0 Å². The lowest BCUT2D eigenvalue weighted by molar-refractivity contribution is -0.0531. The Morgan fingerprint density at radius 3 is 2.58 bits per heavy atom. The van der Waals surface area contributed by atoms with Gasteiger partial charge in [0.15, 0.2) is 0 Å². The molecular formula is C14H27N3O2. The fraction of sp³-hybridized carbons (Fsp3) is 0.929. The molecule has 2 N–H and O–H groups in total. The monoisotopic (exact) mass is 269 g/mol. The summed E-state index contributed by atoms with van der Waals surface area (Å²) in [6.45, 7) is 11.4. The third-order valence-corrected chi connectivity index (χ3v) is 4.10. The molecule has 110 valence electrons. The minimum absolute atomic E-state index is 0.00686. The maximum Gasteiger partial charge on any atom is 0.410 e. The topological polar surface area (TPSA) is 58.8 Å². The summed E-state index contributed by atoms with van der Waals surface area (Å²) in [4.78, 5) is 16.2. The number of amides is 1. The SMILES string of the molecule is CCCN1CCC(N)C12CN(C(=O)OC(C)(C)C)C2. The molecule has 1 atom stereocenters. The standard InChI is InChI=1S/C14H27N3O2/c1-5-7-17-8-6-11(15)14(17)9-16(10-14)12(18)19-13(2,3)4/h11H,5-10,15H2,1-4H3. The van der Waals surface area contributed by atoms with Crippen molar-refractivity contribution in [3.8, 4) is 0 Å². The molecule has 5 nitrogen and oxygen atoms in total. The molecule has 1 unspecified atom stereocenters. The zero-order valence-corrected chi connectivity index (χ0v) is 12.6. The van der Waals surface area contributed by atoms with Crippen molar-refractivity contribution in [1.82, 2.24) is 9.80 Å². The third kappa shape index (κ3) is 2.72. The van der Waals surface area contributed by atoms with Crippen LogP contribution in [0.15, 0.2) is 0 Å². The molecule has 2 aliphatic heterocycles. The van der Waals surface area contributed by atoms with E-state index in [1.165, 1.54) is 0 Å². The normalized spacial score (nSPS) is 26.6. The number of nitrogens with two attached hydrogens (primary N) is 1. The van der Waals surface area contributed by atoms with Crippen LogP contribution in [-0.2, 0) is 4.74 Å². The highest BCUT2D eigenvalue weighted by Crippen LogP contribution is 2.37. The van der Waals surface area contributed by atoms with Crippen LogP contribution in [-0.4, -0.2) is 59.3 Å². The van der Waals surface area contributed by atoms with Crippen molar-refractivity contribution in [2.24, 2.45) is 5.73 Å². The van der Waals surface area contributed by atoms with Crippen LogP contribution in [0, 0.1) is 0 Å². The Labute approximate surface area is 116 Å². The fourth-order valence-electron chi connectivity index (χ4n) is 3.13. The average molecular weight is 269 g/mol. The molecular weight excluding hydrogens is 242 g/mol. The number of rotatable bonds is 2. The first kappa shape index (κ1) is 14.6. The Bertz CT molecular complexity index is 343. The second-order valence-corrected chi connectivity index (χ2v) is 6.82. The van der Waals surface area contributed by atoms with Crippen molar-refractivity contribution in [3.05, 3.63) is 0 Å². The van der Waals surface area contributed by atoms with Crippen LogP contribution in [0.25, 0.3) is 0 Å². The van der Waals surface area contributed by atoms with Crippen LogP contribution < -0.4 is 5.73 Å². The molecule has 2 rings (SSSR count). The van der Waals surface area contributed by atoms with E-state index in [1.54, 1.807) is 4.90 Å². The van der Waals surface area contributed by atoms with Gasteiger partial charge in [-0.2, -0.15) is 0 Å². The van der Waals surface area contributed by atoms with Gasteiger partial charge in [0.2, 0.25) is 0 Å². The minimum Gasteiger partial charge on any atom is -0.444 e. The number of nitrogens with zero attached hydrogens (tertiary/aromatic N) is 2. The second kappa shape index (κ2) is 4.94. The Morgan fingerprint density at radius 2 is 2.05 bits per heavy atom. The lowest BCUT2D eigenvalue weighted by atomic mass is 9.83. The van der Waals surface area contributed by atoms with Gasteiger partial charge < -0.3 is 15.4 Å². The first-order valence-corrected chi connectivity index (χ1v) is 7.27. The van der Waals surface area contributed by atoms with E-state index in [-0.39, 0.29) is 17.7 Å². The van der Waals surface area contributed by atoms with E-state index >= 15 is 0 Å². The molecule has 2 heterocycles. The van der Waals surface area contributed by atoms with Gasteiger partial charge in [0.1, 0.15) is 5.60 Å². The average Bonchev–Trinajstić information content (AvgIpc) is 2.51. The molecule has 1 spiro atoms. The zero-order valence-electron chi connectivity index (χ0n) is 12.6. The Kier molecular flexibility index (Phi) is 3.80. The second-order valence-electron chi connectivity index (χ2n) is 6.82. The maximum absolute atomic E-state index is 12.0. The van der Waals surface area contributed by atoms with Crippen LogP contribution in [0.5, 0.6) is 0 Å². The van der Waals surface area contributed by atoms with Crippen LogP contribution in [0.4, 0.5) is 4.79 Å². The minimum atomic E-state index is -0.430. The molecule has 0 aliphatic carbocycles. The number of hydrogen-bond donors (Lipinski definition) is 1. The Morgan fingerprint density at radius 1 is 1.42 bits per heavy atom. The molecule has 0 aromatic heterocycles. The van der Waals surface area contributed by atoms with Gasteiger partial charge in [0.05, 0.1) is 5.54 Å². The molecule has 0 aromatic rings. The lowest BCUT2D eigenvalue weighted by Gasteiger charge is -2.54.